The molecular formula is C51H88NO9P. The quantitative estimate of drug-likeness (QED) is 0.0147. The summed E-state index contributed by atoms with van der Waals surface area (Å²) in [5, 5.41) is 0. The van der Waals surface area contributed by atoms with Crippen molar-refractivity contribution in [3.63, 3.8) is 0 Å². The van der Waals surface area contributed by atoms with E-state index in [2.05, 4.69) is 86.8 Å². The molecule has 0 radical (unpaired) electrons. The van der Waals surface area contributed by atoms with Gasteiger partial charge in [0.05, 0.1) is 40.0 Å². The molecule has 0 amide bonds. The zero-order valence-electron chi connectivity index (χ0n) is 39.7. The van der Waals surface area contributed by atoms with Gasteiger partial charge in [-0.1, -0.05) is 145 Å². The number of esters is 2. The molecule has 1 fully saturated rings. The first kappa shape index (κ1) is 57.4. The zero-order chi connectivity index (χ0) is 45.4. The van der Waals surface area contributed by atoms with Crippen LogP contribution in [-0.2, 0) is 37.4 Å². The van der Waals surface area contributed by atoms with Gasteiger partial charge in [-0.05, 0) is 89.9 Å². The number of quaternary nitrogens is 1. The molecule has 356 valence electrons. The smallest absolute Gasteiger partial charge is 0.306 e. The Morgan fingerprint density at radius 1 is 0.581 bits per heavy atom. The van der Waals surface area contributed by atoms with Crippen molar-refractivity contribution in [1.29, 1.82) is 0 Å². The van der Waals surface area contributed by atoms with Crippen LogP contribution in [0.25, 0.3) is 0 Å². The molecule has 1 aliphatic rings. The summed E-state index contributed by atoms with van der Waals surface area (Å²) in [5.41, 5.74) is 0. The molecule has 0 N–H and O–H groups in total. The lowest BCUT2D eigenvalue weighted by atomic mass is 10.1. The second-order valence-electron chi connectivity index (χ2n) is 17.5. The van der Waals surface area contributed by atoms with Crippen LogP contribution in [0.1, 0.15) is 174 Å². The second-order valence-corrected chi connectivity index (χ2v) is 18.9. The SMILES string of the molecule is CCCCC/C=C\CC1OC1C/C=C\C/C=C\CCCC(=O)OC[C@H](COP(=O)([O-])OCC[N+](C)(C)C)OC(=O)CCCCCCCC/C=C\C/C=C\C/C=C\CCCCCC. The van der Waals surface area contributed by atoms with Crippen molar-refractivity contribution in [2.24, 2.45) is 0 Å². The Labute approximate surface area is 378 Å². The molecule has 0 aromatic rings. The van der Waals surface area contributed by atoms with E-state index in [0.717, 1.165) is 83.5 Å². The fraction of sp³-hybridized carbons (Fsp3) is 0.725. The lowest BCUT2D eigenvalue weighted by Crippen LogP contribution is -2.37. The summed E-state index contributed by atoms with van der Waals surface area (Å²) in [5.74, 6) is -0.925. The number of phosphoric acid groups is 1. The maximum absolute atomic E-state index is 12.7. The van der Waals surface area contributed by atoms with Crippen LogP contribution in [0.5, 0.6) is 0 Å². The maximum Gasteiger partial charge on any atom is 0.306 e. The molecule has 1 aliphatic heterocycles. The minimum absolute atomic E-state index is 0.0480. The van der Waals surface area contributed by atoms with Gasteiger partial charge in [-0.15, -0.1) is 0 Å². The third kappa shape index (κ3) is 39.0. The van der Waals surface area contributed by atoms with Crippen molar-refractivity contribution in [2.45, 2.75) is 193 Å². The first-order valence-corrected chi connectivity index (χ1v) is 25.7. The van der Waals surface area contributed by atoms with Crippen LogP contribution in [0.3, 0.4) is 0 Å². The number of carbonyl (C=O) groups excluding carboxylic acids is 2. The zero-order valence-corrected chi connectivity index (χ0v) is 40.6. The van der Waals surface area contributed by atoms with Crippen LogP contribution in [0.4, 0.5) is 0 Å². The molecule has 4 atom stereocenters. The van der Waals surface area contributed by atoms with Gasteiger partial charge in [0.1, 0.15) is 19.8 Å². The highest BCUT2D eigenvalue weighted by molar-refractivity contribution is 7.45. The van der Waals surface area contributed by atoms with Crippen molar-refractivity contribution in [3.05, 3.63) is 72.9 Å². The average molecular weight is 890 g/mol. The Hall–Kier alpha value is -2.59. The number of carbonyl (C=O) groups is 2. The number of hydrogen-bond acceptors (Lipinski definition) is 9. The molecule has 0 bridgehead atoms. The number of nitrogens with zero attached hydrogens (tertiary/aromatic N) is 1. The third-order valence-electron chi connectivity index (χ3n) is 10.4. The molecule has 0 spiro atoms. The van der Waals surface area contributed by atoms with Gasteiger partial charge in [-0.3, -0.25) is 14.2 Å². The largest absolute Gasteiger partial charge is 0.756 e. The Morgan fingerprint density at radius 3 is 1.63 bits per heavy atom. The fourth-order valence-electron chi connectivity index (χ4n) is 6.40. The summed E-state index contributed by atoms with van der Waals surface area (Å²) in [4.78, 5) is 37.7. The van der Waals surface area contributed by atoms with E-state index in [9.17, 15) is 19.0 Å². The first-order valence-electron chi connectivity index (χ1n) is 24.3. The highest BCUT2D eigenvalue weighted by Gasteiger charge is 2.36. The number of epoxide rings is 1. The highest BCUT2D eigenvalue weighted by atomic mass is 31.2. The standard InChI is InChI=1S/C51H88NO9P/c1-6-8-10-12-14-15-16-17-18-19-20-21-22-23-24-25-26-29-34-38-42-51(54)60-47(46-59-62(55,56)58-44-43-52(3,4)5)45-57-50(53)41-37-33-30-27-28-32-36-40-49-48(61-49)39-35-31-13-11-9-7-2/h15-16,18-19,21-22,27,30-32,35-36,47-49H,6-14,17,20,23-26,28-29,33-34,37-46H2,1-5H3/b16-15-,19-18-,22-21-,30-27-,35-31-,36-32-/t47-,48?,49?/m1/s1. The summed E-state index contributed by atoms with van der Waals surface area (Å²) in [6, 6.07) is 0. The van der Waals surface area contributed by atoms with Gasteiger partial charge >= 0.3 is 11.9 Å². The summed E-state index contributed by atoms with van der Waals surface area (Å²) in [7, 11) is 1.11. The highest BCUT2D eigenvalue weighted by Crippen LogP contribution is 2.38. The summed E-state index contributed by atoms with van der Waals surface area (Å²) in [6.07, 6.45) is 51.0. The summed E-state index contributed by atoms with van der Waals surface area (Å²) >= 11 is 0. The van der Waals surface area contributed by atoms with Crippen LogP contribution in [0, 0.1) is 0 Å². The Morgan fingerprint density at radius 2 is 1.03 bits per heavy atom. The molecule has 0 aromatic carbocycles. The number of ether oxygens (including phenoxy) is 3. The molecule has 0 aliphatic carbocycles. The van der Waals surface area contributed by atoms with E-state index < -0.39 is 32.5 Å². The number of hydrogen-bond donors (Lipinski definition) is 0. The van der Waals surface area contributed by atoms with Gasteiger partial charge in [0, 0.05) is 12.8 Å². The number of unbranched alkanes of at least 4 members (excludes halogenated alkanes) is 14. The third-order valence-corrected chi connectivity index (χ3v) is 11.3. The molecule has 0 aromatic heterocycles. The predicted molar refractivity (Wildman–Crippen MR) is 254 cm³/mol. The van der Waals surface area contributed by atoms with Crippen LogP contribution in [-0.4, -0.2) is 82.2 Å². The minimum atomic E-state index is -4.65. The van der Waals surface area contributed by atoms with Crippen molar-refractivity contribution in [2.75, 3.05) is 47.5 Å². The number of phosphoric ester groups is 1. The van der Waals surface area contributed by atoms with E-state index in [4.69, 9.17) is 23.3 Å². The molecule has 1 saturated heterocycles. The van der Waals surface area contributed by atoms with E-state index in [0.29, 0.717) is 36.1 Å². The Kier molecular flexibility index (Phi) is 36.0. The molecule has 10 nitrogen and oxygen atoms in total. The van der Waals surface area contributed by atoms with Gasteiger partial charge in [-0.2, -0.15) is 0 Å². The maximum atomic E-state index is 12.7. The van der Waals surface area contributed by atoms with E-state index in [-0.39, 0.29) is 26.1 Å². The second kappa shape index (κ2) is 38.8. The van der Waals surface area contributed by atoms with E-state index in [1.54, 1.807) is 0 Å². The normalized spacial score (nSPS) is 17.4. The van der Waals surface area contributed by atoms with Gasteiger partial charge in [0.2, 0.25) is 0 Å². The van der Waals surface area contributed by atoms with Crippen LogP contribution in [0.2, 0.25) is 0 Å². The minimum Gasteiger partial charge on any atom is -0.756 e. The lowest BCUT2D eigenvalue weighted by molar-refractivity contribution is -0.870. The molecule has 3 unspecified atom stereocenters. The van der Waals surface area contributed by atoms with Crippen molar-refractivity contribution >= 4 is 19.8 Å². The molecule has 1 rings (SSSR count). The van der Waals surface area contributed by atoms with Crippen molar-refractivity contribution < 1.29 is 46.8 Å². The molecule has 0 saturated carbocycles. The van der Waals surface area contributed by atoms with E-state index >= 15 is 0 Å². The van der Waals surface area contributed by atoms with Gasteiger partial charge < -0.3 is 32.6 Å². The van der Waals surface area contributed by atoms with Gasteiger partial charge in [0.25, 0.3) is 7.82 Å². The summed E-state index contributed by atoms with van der Waals surface area (Å²) in [6.45, 7) is 4.08. The first-order chi connectivity index (χ1) is 30.0. The van der Waals surface area contributed by atoms with Crippen molar-refractivity contribution in [3.8, 4) is 0 Å². The predicted octanol–water partition coefficient (Wildman–Crippen LogP) is 12.5. The van der Waals surface area contributed by atoms with E-state index in [1.807, 2.05) is 21.1 Å². The monoisotopic (exact) mass is 890 g/mol. The Bertz CT molecular complexity index is 1350. The fourth-order valence-corrected chi connectivity index (χ4v) is 7.13. The van der Waals surface area contributed by atoms with Crippen LogP contribution in [0.15, 0.2) is 72.9 Å². The topological polar surface area (TPSA) is 124 Å². The molecule has 1 heterocycles. The Balaban J connectivity index is 2.30. The number of allylic oxidation sites excluding steroid dienone is 10. The van der Waals surface area contributed by atoms with E-state index in [1.165, 1.54) is 51.4 Å². The molecule has 62 heavy (non-hydrogen) atoms. The van der Waals surface area contributed by atoms with Crippen molar-refractivity contribution in [1.82, 2.24) is 0 Å². The van der Waals surface area contributed by atoms with Gasteiger partial charge in [-0.25, -0.2) is 0 Å². The molecule has 11 heteroatoms. The van der Waals surface area contributed by atoms with Gasteiger partial charge in [0.15, 0.2) is 6.10 Å². The van der Waals surface area contributed by atoms with Crippen LogP contribution < -0.4 is 4.89 Å². The lowest BCUT2D eigenvalue weighted by Gasteiger charge is -2.28. The van der Waals surface area contributed by atoms with Crippen LogP contribution >= 0.6 is 7.82 Å². The summed E-state index contributed by atoms with van der Waals surface area (Å²) < 4.78 is 39.7. The molecular weight excluding hydrogens is 802 g/mol. The average Bonchev–Trinajstić information content (AvgIpc) is 3.98. The number of likely N-dealkylation sites (N-methyl/N-ethyl adjacent to an activating group) is 1. The number of rotatable bonds is 42.